The van der Waals surface area contributed by atoms with Gasteiger partial charge in [-0.15, -0.1) is 0 Å². The molecular weight excluding hydrogens is 288 g/mol. The van der Waals surface area contributed by atoms with Gasteiger partial charge in [0.2, 0.25) is 0 Å². The van der Waals surface area contributed by atoms with Crippen molar-refractivity contribution in [2.45, 2.75) is 45.1 Å². The van der Waals surface area contributed by atoms with E-state index in [1.165, 1.54) is 7.11 Å². The lowest BCUT2D eigenvalue weighted by Crippen LogP contribution is -2.50. The van der Waals surface area contributed by atoms with Crippen LogP contribution in [0.15, 0.2) is 18.2 Å². The minimum atomic E-state index is -0.689. The molecule has 0 spiro atoms. The Morgan fingerprint density at radius 1 is 1.48 bits per heavy atom. The third-order valence-corrected chi connectivity index (χ3v) is 5.18. The summed E-state index contributed by atoms with van der Waals surface area (Å²) in [5, 5.41) is 11.1. The number of aryl methyl sites for hydroxylation is 1. The van der Waals surface area contributed by atoms with Gasteiger partial charge in [-0.3, -0.25) is 4.79 Å². The standard InChI is InChI=1S/C17H23ClO3/c1-10-7-14(19)15(16(20)21-4)17(3,9-10)12-6-5-11(2)13(18)8-12/h5-6,8,10,14-15,19H,7,9H2,1-4H3. The molecule has 0 aliphatic heterocycles. The topological polar surface area (TPSA) is 46.5 Å². The molecule has 21 heavy (non-hydrogen) atoms. The van der Waals surface area contributed by atoms with Crippen molar-refractivity contribution in [3.63, 3.8) is 0 Å². The highest BCUT2D eigenvalue weighted by atomic mass is 35.5. The maximum atomic E-state index is 12.2. The summed E-state index contributed by atoms with van der Waals surface area (Å²) in [6.07, 6.45) is 0.754. The van der Waals surface area contributed by atoms with Gasteiger partial charge in [0.05, 0.1) is 19.1 Å². The number of aliphatic hydroxyl groups is 1. The molecule has 0 bridgehead atoms. The SMILES string of the molecule is COC(=O)C1C(O)CC(C)CC1(C)c1ccc(C)c(Cl)c1. The first-order valence-electron chi connectivity index (χ1n) is 7.32. The Balaban J connectivity index is 2.51. The van der Waals surface area contributed by atoms with E-state index in [9.17, 15) is 9.90 Å². The zero-order valence-electron chi connectivity index (χ0n) is 13.0. The molecule has 0 heterocycles. The van der Waals surface area contributed by atoms with Crippen molar-refractivity contribution in [1.29, 1.82) is 0 Å². The second kappa shape index (κ2) is 5.98. The van der Waals surface area contributed by atoms with Gasteiger partial charge < -0.3 is 9.84 Å². The van der Waals surface area contributed by atoms with Crippen molar-refractivity contribution in [1.82, 2.24) is 0 Å². The van der Waals surface area contributed by atoms with E-state index in [2.05, 4.69) is 6.92 Å². The molecule has 0 amide bonds. The Labute approximate surface area is 131 Å². The molecule has 4 unspecified atom stereocenters. The molecule has 0 saturated heterocycles. The molecule has 0 radical (unpaired) electrons. The molecule has 4 heteroatoms. The molecular formula is C17H23ClO3. The molecule has 1 N–H and O–H groups in total. The molecule has 4 atom stereocenters. The molecule has 1 fully saturated rings. The molecule has 2 rings (SSSR count). The number of carbonyl (C=O) groups excluding carboxylic acids is 1. The number of aliphatic hydroxyl groups excluding tert-OH is 1. The van der Waals surface area contributed by atoms with Gasteiger partial charge in [-0.25, -0.2) is 0 Å². The van der Waals surface area contributed by atoms with Crippen molar-refractivity contribution >= 4 is 17.6 Å². The molecule has 3 nitrogen and oxygen atoms in total. The summed E-state index contributed by atoms with van der Waals surface area (Å²) in [5.41, 5.74) is 1.52. The van der Waals surface area contributed by atoms with Crippen LogP contribution in [-0.2, 0) is 14.9 Å². The number of hydrogen-bond donors (Lipinski definition) is 1. The monoisotopic (exact) mass is 310 g/mol. The third kappa shape index (κ3) is 2.95. The molecule has 1 aromatic rings. The Morgan fingerprint density at radius 2 is 2.14 bits per heavy atom. The second-order valence-electron chi connectivity index (χ2n) is 6.49. The lowest BCUT2D eigenvalue weighted by Gasteiger charge is -2.45. The van der Waals surface area contributed by atoms with Gasteiger partial charge in [0.1, 0.15) is 0 Å². The van der Waals surface area contributed by atoms with Crippen LogP contribution in [0.5, 0.6) is 0 Å². The first kappa shape index (κ1) is 16.3. The minimum absolute atomic E-state index is 0.339. The van der Waals surface area contributed by atoms with Crippen LogP contribution in [0.25, 0.3) is 0 Å². The number of halogens is 1. The third-order valence-electron chi connectivity index (χ3n) is 4.77. The molecule has 1 aliphatic rings. The van der Waals surface area contributed by atoms with E-state index in [0.29, 0.717) is 17.4 Å². The van der Waals surface area contributed by atoms with Gasteiger partial charge in [0, 0.05) is 10.4 Å². The van der Waals surface area contributed by atoms with Crippen molar-refractivity contribution in [3.8, 4) is 0 Å². The fraction of sp³-hybridized carbons (Fsp3) is 0.588. The summed E-state index contributed by atoms with van der Waals surface area (Å²) >= 11 is 6.25. The van der Waals surface area contributed by atoms with E-state index >= 15 is 0 Å². The van der Waals surface area contributed by atoms with Gasteiger partial charge >= 0.3 is 5.97 Å². The predicted molar refractivity (Wildman–Crippen MR) is 83.5 cm³/mol. The number of benzene rings is 1. The fourth-order valence-corrected chi connectivity index (χ4v) is 3.88. The Hall–Kier alpha value is -1.06. The molecule has 1 aliphatic carbocycles. The second-order valence-corrected chi connectivity index (χ2v) is 6.90. The summed E-state index contributed by atoms with van der Waals surface area (Å²) in [6.45, 7) is 6.07. The predicted octanol–water partition coefficient (Wildman–Crippen LogP) is 3.49. The summed E-state index contributed by atoms with van der Waals surface area (Å²) in [6, 6.07) is 5.88. The van der Waals surface area contributed by atoms with Gasteiger partial charge in [0.25, 0.3) is 0 Å². The highest BCUT2D eigenvalue weighted by Gasteiger charge is 2.49. The zero-order chi connectivity index (χ0) is 15.8. The number of methoxy groups -OCH3 is 1. The molecule has 1 saturated carbocycles. The number of hydrogen-bond acceptors (Lipinski definition) is 3. The largest absolute Gasteiger partial charge is 0.469 e. The van der Waals surface area contributed by atoms with Gasteiger partial charge in [-0.05, 0) is 42.9 Å². The number of carbonyl (C=O) groups is 1. The summed E-state index contributed by atoms with van der Waals surface area (Å²) in [4.78, 5) is 12.2. The van der Waals surface area contributed by atoms with Crippen molar-refractivity contribution in [3.05, 3.63) is 34.3 Å². The first-order valence-corrected chi connectivity index (χ1v) is 7.70. The number of ether oxygens (including phenoxy) is 1. The van der Waals surface area contributed by atoms with Gasteiger partial charge in [-0.1, -0.05) is 37.6 Å². The van der Waals surface area contributed by atoms with Crippen LogP contribution in [0.1, 0.15) is 37.8 Å². The van der Waals surface area contributed by atoms with Crippen molar-refractivity contribution in [2.24, 2.45) is 11.8 Å². The quantitative estimate of drug-likeness (QED) is 0.851. The van der Waals surface area contributed by atoms with Crippen LogP contribution in [0.4, 0.5) is 0 Å². The summed E-state index contributed by atoms with van der Waals surface area (Å²) in [7, 11) is 1.37. The molecule has 116 valence electrons. The minimum Gasteiger partial charge on any atom is -0.469 e. The first-order chi connectivity index (χ1) is 9.79. The highest BCUT2D eigenvalue weighted by molar-refractivity contribution is 6.31. The maximum Gasteiger partial charge on any atom is 0.312 e. The van der Waals surface area contributed by atoms with E-state index in [4.69, 9.17) is 16.3 Å². The normalized spacial score (nSPS) is 32.8. The van der Waals surface area contributed by atoms with E-state index in [1.54, 1.807) is 0 Å². The average molecular weight is 311 g/mol. The number of rotatable bonds is 2. The average Bonchev–Trinajstić information content (AvgIpc) is 2.40. The van der Waals surface area contributed by atoms with E-state index < -0.39 is 17.4 Å². The molecule has 0 aromatic heterocycles. The highest BCUT2D eigenvalue weighted by Crippen LogP contribution is 2.47. The summed E-state index contributed by atoms with van der Waals surface area (Å²) in [5.74, 6) is -0.572. The van der Waals surface area contributed by atoms with Crippen LogP contribution in [0, 0.1) is 18.8 Å². The number of esters is 1. The Kier molecular flexibility index (Phi) is 4.64. The van der Waals surface area contributed by atoms with Crippen LogP contribution in [0.3, 0.4) is 0 Å². The van der Waals surface area contributed by atoms with Crippen LogP contribution in [0.2, 0.25) is 5.02 Å². The van der Waals surface area contributed by atoms with E-state index in [0.717, 1.165) is 17.5 Å². The lowest BCUT2D eigenvalue weighted by molar-refractivity contribution is -0.156. The van der Waals surface area contributed by atoms with Crippen molar-refractivity contribution in [2.75, 3.05) is 7.11 Å². The van der Waals surface area contributed by atoms with Gasteiger partial charge in [0.15, 0.2) is 0 Å². The van der Waals surface area contributed by atoms with Crippen LogP contribution in [-0.4, -0.2) is 24.3 Å². The Morgan fingerprint density at radius 3 is 2.71 bits per heavy atom. The van der Waals surface area contributed by atoms with E-state index in [1.807, 2.05) is 32.0 Å². The van der Waals surface area contributed by atoms with Crippen LogP contribution >= 0.6 is 11.6 Å². The smallest absolute Gasteiger partial charge is 0.312 e. The zero-order valence-corrected chi connectivity index (χ0v) is 13.8. The van der Waals surface area contributed by atoms with E-state index in [-0.39, 0.29) is 5.97 Å². The maximum absolute atomic E-state index is 12.2. The van der Waals surface area contributed by atoms with Gasteiger partial charge in [-0.2, -0.15) is 0 Å². The summed E-state index contributed by atoms with van der Waals surface area (Å²) < 4.78 is 4.93. The fourth-order valence-electron chi connectivity index (χ4n) is 3.70. The molecule has 1 aromatic carbocycles. The lowest BCUT2D eigenvalue weighted by atomic mass is 9.60. The Bertz CT molecular complexity index is 543. The van der Waals surface area contributed by atoms with Crippen LogP contribution < -0.4 is 0 Å². The van der Waals surface area contributed by atoms with Crippen molar-refractivity contribution < 1.29 is 14.6 Å².